The van der Waals surface area contributed by atoms with Gasteiger partial charge in [0.1, 0.15) is 0 Å². The highest BCUT2D eigenvalue weighted by Crippen LogP contribution is 2.58. The van der Waals surface area contributed by atoms with Crippen molar-refractivity contribution >= 4 is 0 Å². The van der Waals surface area contributed by atoms with Crippen LogP contribution in [0.3, 0.4) is 0 Å². The molecule has 0 spiro atoms. The summed E-state index contributed by atoms with van der Waals surface area (Å²) >= 11 is 0. The van der Waals surface area contributed by atoms with E-state index in [1.54, 1.807) is 5.57 Å². The summed E-state index contributed by atoms with van der Waals surface area (Å²) in [5, 5.41) is 0. The van der Waals surface area contributed by atoms with E-state index in [9.17, 15) is 0 Å². The second-order valence-electron chi connectivity index (χ2n) is 4.58. The zero-order valence-electron chi connectivity index (χ0n) is 7.66. The third-order valence-corrected chi connectivity index (χ3v) is 4.10. The molecule has 1 radical (unpaired) electrons. The van der Waals surface area contributed by atoms with Crippen LogP contribution in [-0.4, -0.2) is 6.61 Å². The molecule has 5 unspecified atom stereocenters. The molecule has 2 bridgehead atoms. The molecule has 1 aliphatic heterocycles. The highest BCUT2D eigenvalue weighted by atomic mass is 16.5. The molecule has 1 nitrogen and oxygen atoms in total. The van der Waals surface area contributed by atoms with Gasteiger partial charge in [-0.1, -0.05) is 18.6 Å². The summed E-state index contributed by atoms with van der Waals surface area (Å²) < 4.78 is 5.43. The van der Waals surface area contributed by atoms with E-state index < -0.39 is 0 Å². The maximum atomic E-state index is 5.43. The molecule has 1 heteroatoms. The van der Waals surface area contributed by atoms with E-state index in [2.05, 4.69) is 26.5 Å². The molecule has 1 saturated heterocycles. The van der Waals surface area contributed by atoms with Crippen molar-refractivity contribution in [2.75, 3.05) is 6.61 Å². The first-order valence-electron chi connectivity index (χ1n) is 4.92. The van der Waals surface area contributed by atoms with Gasteiger partial charge in [0.2, 0.25) is 0 Å². The zero-order valence-corrected chi connectivity index (χ0v) is 7.66. The van der Waals surface area contributed by atoms with Crippen LogP contribution in [-0.2, 0) is 4.74 Å². The minimum absolute atomic E-state index is 0.745. The minimum atomic E-state index is 0.745. The summed E-state index contributed by atoms with van der Waals surface area (Å²) in [7, 11) is 0. The predicted octanol–water partition coefficient (Wildman–Crippen LogP) is 2.25. The minimum Gasteiger partial charge on any atom is -0.375 e. The number of ether oxygens (including phenoxy) is 1. The summed E-state index contributed by atoms with van der Waals surface area (Å²) in [5.74, 6) is 4.06. The third-order valence-electron chi connectivity index (χ3n) is 4.10. The molecule has 1 heterocycles. The smallest absolute Gasteiger partial charge is 0.0877 e. The van der Waals surface area contributed by atoms with Crippen molar-refractivity contribution in [3.8, 4) is 0 Å². The fourth-order valence-corrected chi connectivity index (χ4v) is 3.60. The second-order valence-corrected chi connectivity index (χ2v) is 4.58. The van der Waals surface area contributed by atoms with Gasteiger partial charge in [0.25, 0.3) is 0 Å². The van der Waals surface area contributed by atoms with Gasteiger partial charge < -0.3 is 4.74 Å². The number of hydrogen-bond donors (Lipinski definition) is 0. The normalized spacial score (nSPS) is 55.8. The first-order valence-corrected chi connectivity index (χ1v) is 4.92. The molecule has 0 aromatic carbocycles. The molecule has 1 saturated carbocycles. The van der Waals surface area contributed by atoms with Gasteiger partial charge in [0.05, 0.1) is 13.2 Å². The van der Waals surface area contributed by atoms with Crippen LogP contribution in [0.1, 0.15) is 13.8 Å². The Morgan fingerprint density at radius 2 is 2.25 bits per heavy atom. The zero-order chi connectivity index (χ0) is 8.29. The molecule has 65 valence electrons. The first-order chi connectivity index (χ1) is 5.79. The van der Waals surface area contributed by atoms with Crippen molar-refractivity contribution < 1.29 is 4.74 Å². The fraction of sp³-hybridized carbons (Fsp3) is 0.727. The average molecular weight is 163 g/mol. The SMILES string of the molecule is CC1=CC2C(C)C1C1[CH]OCC12. The summed E-state index contributed by atoms with van der Waals surface area (Å²) in [4.78, 5) is 0. The standard InChI is InChI=1S/C11H15O/c1-6-3-8-7(2)11(6)10-5-12-4-9(8)10/h3,5,7-11H,4H2,1-2H3. The van der Waals surface area contributed by atoms with Crippen molar-refractivity contribution in [2.45, 2.75) is 13.8 Å². The third kappa shape index (κ3) is 0.646. The van der Waals surface area contributed by atoms with Crippen LogP contribution in [0, 0.1) is 36.2 Å². The number of allylic oxidation sites excluding steroid dienone is 2. The van der Waals surface area contributed by atoms with Gasteiger partial charge in [-0.2, -0.15) is 0 Å². The van der Waals surface area contributed by atoms with Gasteiger partial charge >= 0.3 is 0 Å². The van der Waals surface area contributed by atoms with E-state index >= 15 is 0 Å². The molecule has 2 fully saturated rings. The van der Waals surface area contributed by atoms with Gasteiger partial charge in [-0.3, -0.25) is 0 Å². The van der Waals surface area contributed by atoms with Gasteiger partial charge in [0, 0.05) is 5.92 Å². The fourth-order valence-electron chi connectivity index (χ4n) is 3.60. The van der Waals surface area contributed by atoms with Crippen LogP contribution in [0.25, 0.3) is 0 Å². The Balaban J connectivity index is 2.01. The molecule has 0 aromatic heterocycles. The average Bonchev–Trinajstić information content (AvgIpc) is 2.61. The number of hydrogen-bond acceptors (Lipinski definition) is 1. The summed E-state index contributed by atoms with van der Waals surface area (Å²) in [6, 6.07) is 0. The van der Waals surface area contributed by atoms with Gasteiger partial charge in [-0.05, 0) is 30.6 Å². The summed E-state index contributed by atoms with van der Waals surface area (Å²) in [6.45, 7) is 7.75. The maximum absolute atomic E-state index is 5.43. The number of fused-ring (bicyclic) bond motifs is 5. The van der Waals surface area contributed by atoms with E-state index in [1.165, 1.54) is 0 Å². The Bertz CT molecular complexity index is 243. The molecule has 3 rings (SSSR count). The Morgan fingerprint density at radius 3 is 3.08 bits per heavy atom. The Kier molecular flexibility index (Phi) is 1.27. The van der Waals surface area contributed by atoms with Crippen molar-refractivity contribution in [3.05, 3.63) is 18.3 Å². The predicted molar refractivity (Wildman–Crippen MR) is 47.1 cm³/mol. The Hall–Kier alpha value is -0.300. The Labute approximate surface area is 73.8 Å². The van der Waals surface area contributed by atoms with Gasteiger partial charge in [0.15, 0.2) is 0 Å². The largest absolute Gasteiger partial charge is 0.375 e. The molecule has 0 amide bonds. The molecule has 12 heavy (non-hydrogen) atoms. The van der Waals surface area contributed by atoms with Crippen molar-refractivity contribution in [1.82, 2.24) is 0 Å². The lowest BCUT2D eigenvalue weighted by atomic mass is 9.82. The molecule has 3 aliphatic rings. The van der Waals surface area contributed by atoms with Crippen LogP contribution in [0.2, 0.25) is 0 Å². The van der Waals surface area contributed by atoms with Crippen molar-refractivity contribution in [1.29, 1.82) is 0 Å². The quantitative estimate of drug-likeness (QED) is 0.498. The van der Waals surface area contributed by atoms with E-state index in [0.29, 0.717) is 0 Å². The maximum Gasteiger partial charge on any atom is 0.0877 e. The van der Waals surface area contributed by atoms with Crippen molar-refractivity contribution in [2.24, 2.45) is 29.6 Å². The highest BCUT2D eigenvalue weighted by molar-refractivity contribution is 5.26. The molecular formula is C11H15O. The molecule has 0 N–H and O–H groups in total. The van der Waals surface area contributed by atoms with Crippen LogP contribution in [0.5, 0.6) is 0 Å². The van der Waals surface area contributed by atoms with E-state index in [1.807, 2.05) is 0 Å². The Morgan fingerprint density at radius 1 is 1.42 bits per heavy atom. The van der Waals surface area contributed by atoms with E-state index in [4.69, 9.17) is 4.74 Å². The summed E-state index contributed by atoms with van der Waals surface area (Å²) in [6.07, 6.45) is 2.49. The molecule has 2 aliphatic carbocycles. The molecule has 0 aromatic rings. The van der Waals surface area contributed by atoms with Crippen LogP contribution >= 0.6 is 0 Å². The lowest BCUT2D eigenvalue weighted by Gasteiger charge is -2.20. The second kappa shape index (κ2) is 2.14. The first kappa shape index (κ1) is 7.14. The number of rotatable bonds is 0. The van der Waals surface area contributed by atoms with Crippen LogP contribution < -0.4 is 0 Å². The lowest BCUT2D eigenvalue weighted by Crippen LogP contribution is -2.17. The highest BCUT2D eigenvalue weighted by Gasteiger charge is 2.54. The van der Waals surface area contributed by atoms with Gasteiger partial charge in [-0.15, -0.1) is 0 Å². The lowest BCUT2D eigenvalue weighted by molar-refractivity contribution is 0.203. The topological polar surface area (TPSA) is 9.23 Å². The monoisotopic (exact) mass is 163 g/mol. The molecular weight excluding hydrogens is 148 g/mol. The van der Waals surface area contributed by atoms with Crippen molar-refractivity contribution in [3.63, 3.8) is 0 Å². The van der Waals surface area contributed by atoms with Crippen LogP contribution in [0.15, 0.2) is 11.6 Å². The molecule has 5 atom stereocenters. The summed E-state index contributed by atoms with van der Waals surface area (Å²) in [5.41, 5.74) is 1.61. The van der Waals surface area contributed by atoms with E-state index in [0.717, 1.165) is 36.2 Å². The van der Waals surface area contributed by atoms with E-state index in [-0.39, 0.29) is 0 Å². The van der Waals surface area contributed by atoms with Crippen LogP contribution in [0.4, 0.5) is 0 Å². The van der Waals surface area contributed by atoms with Gasteiger partial charge in [-0.25, -0.2) is 0 Å².